The Hall–Kier alpha value is -0.420. The van der Waals surface area contributed by atoms with Crippen LogP contribution in [0.25, 0.3) is 10.1 Å². The second-order valence-corrected chi connectivity index (χ2v) is 6.70. The van der Waals surface area contributed by atoms with E-state index >= 15 is 0 Å². The number of rotatable bonds is 3. The first-order chi connectivity index (χ1) is 8.83. The van der Waals surface area contributed by atoms with E-state index in [-0.39, 0.29) is 0 Å². The molecule has 1 N–H and O–H groups in total. The van der Waals surface area contributed by atoms with Crippen molar-refractivity contribution in [1.29, 1.82) is 0 Å². The summed E-state index contributed by atoms with van der Waals surface area (Å²) in [5.41, 5.74) is 0. The highest BCUT2D eigenvalue weighted by Gasteiger charge is 2.10. The topological polar surface area (TPSA) is 15.3 Å². The molecule has 1 aliphatic heterocycles. The second kappa shape index (κ2) is 5.70. The summed E-state index contributed by atoms with van der Waals surface area (Å²) in [4.78, 5) is 4.05. The van der Waals surface area contributed by atoms with Crippen molar-refractivity contribution in [3.05, 3.63) is 33.6 Å². The van der Waals surface area contributed by atoms with Crippen molar-refractivity contribution in [3.8, 4) is 0 Å². The van der Waals surface area contributed by atoms with E-state index in [4.69, 9.17) is 0 Å². The predicted octanol–water partition coefficient (Wildman–Crippen LogP) is 3.11. The molecule has 0 unspecified atom stereocenters. The van der Waals surface area contributed by atoms with Gasteiger partial charge in [0, 0.05) is 46.8 Å². The molecule has 18 heavy (non-hydrogen) atoms. The standard InChI is InChI=1S/C14H17BrN2S/c15-13-3-1-2-11-10-12(18-14(11)13)4-7-17-8-5-16-6-9-17/h1-3,10,16H,4-9H2. The van der Waals surface area contributed by atoms with E-state index in [2.05, 4.69) is 50.4 Å². The quantitative estimate of drug-likeness (QED) is 0.933. The summed E-state index contributed by atoms with van der Waals surface area (Å²) in [6.45, 7) is 5.84. The maximum absolute atomic E-state index is 3.63. The molecule has 1 fully saturated rings. The number of hydrogen-bond donors (Lipinski definition) is 1. The van der Waals surface area contributed by atoms with Crippen LogP contribution in [0.5, 0.6) is 0 Å². The molecule has 2 nitrogen and oxygen atoms in total. The van der Waals surface area contributed by atoms with Crippen molar-refractivity contribution < 1.29 is 0 Å². The Morgan fingerprint density at radius 3 is 2.89 bits per heavy atom. The van der Waals surface area contributed by atoms with Crippen molar-refractivity contribution in [2.45, 2.75) is 6.42 Å². The molecule has 2 aromatic rings. The van der Waals surface area contributed by atoms with Gasteiger partial charge in [0.25, 0.3) is 0 Å². The molecule has 0 saturated carbocycles. The van der Waals surface area contributed by atoms with Crippen LogP contribution >= 0.6 is 27.3 Å². The van der Waals surface area contributed by atoms with Gasteiger partial charge in [0.1, 0.15) is 0 Å². The van der Waals surface area contributed by atoms with Crippen molar-refractivity contribution in [3.63, 3.8) is 0 Å². The SMILES string of the molecule is Brc1cccc2cc(CCN3CCNCC3)sc12. The number of nitrogens with one attached hydrogen (secondary N) is 1. The first-order valence-electron chi connectivity index (χ1n) is 6.43. The molecule has 1 saturated heterocycles. The highest BCUT2D eigenvalue weighted by Crippen LogP contribution is 2.32. The summed E-state index contributed by atoms with van der Waals surface area (Å²) >= 11 is 5.55. The zero-order chi connectivity index (χ0) is 12.4. The normalized spacial score (nSPS) is 17.4. The van der Waals surface area contributed by atoms with Gasteiger partial charge in [-0.25, -0.2) is 0 Å². The summed E-state index contributed by atoms with van der Waals surface area (Å²) in [6, 6.07) is 8.77. The van der Waals surface area contributed by atoms with Gasteiger partial charge in [-0.3, -0.25) is 0 Å². The molecule has 0 bridgehead atoms. The minimum absolute atomic E-state index is 1.14. The molecule has 1 aromatic heterocycles. The van der Waals surface area contributed by atoms with E-state index in [0.29, 0.717) is 0 Å². The predicted molar refractivity (Wildman–Crippen MR) is 82.5 cm³/mol. The smallest absolute Gasteiger partial charge is 0.0487 e. The zero-order valence-electron chi connectivity index (χ0n) is 10.3. The minimum atomic E-state index is 1.14. The lowest BCUT2D eigenvalue weighted by Crippen LogP contribution is -2.44. The fourth-order valence-corrected chi connectivity index (χ4v) is 4.08. The Balaban J connectivity index is 1.69. The van der Waals surface area contributed by atoms with Crippen LogP contribution in [0.2, 0.25) is 0 Å². The van der Waals surface area contributed by atoms with Crippen LogP contribution in [0, 0.1) is 0 Å². The molecule has 2 heterocycles. The largest absolute Gasteiger partial charge is 0.314 e. The molecule has 4 heteroatoms. The van der Waals surface area contributed by atoms with E-state index in [0.717, 1.165) is 13.1 Å². The van der Waals surface area contributed by atoms with Crippen LogP contribution in [0.1, 0.15) is 4.88 Å². The van der Waals surface area contributed by atoms with Crippen LogP contribution in [0.3, 0.4) is 0 Å². The Kier molecular flexibility index (Phi) is 3.99. The summed E-state index contributed by atoms with van der Waals surface area (Å²) < 4.78 is 2.60. The molecule has 0 aliphatic carbocycles. The van der Waals surface area contributed by atoms with Gasteiger partial charge in [0.15, 0.2) is 0 Å². The average Bonchev–Trinajstić information content (AvgIpc) is 2.82. The van der Waals surface area contributed by atoms with Crippen LogP contribution in [-0.2, 0) is 6.42 Å². The maximum Gasteiger partial charge on any atom is 0.0487 e. The highest BCUT2D eigenvalue weighted by atomic mass is 79.9. The van der Waals surface area contributed by atoms with Gasteiger partial charge in [0.05, 0.1) is 0 Å². The molecule has 1 aliphatic rings. The fraction of sp³-hybridized carbons (Fsp3) is 0.429. The van der Waals surface area contributed by atoms with Crippen LogP contribution in [-0.4, -0.2) is 37.6 Å². The molecule has 0 amide bonds. The lowest BCUT2D eigenvalue weighted by Gasteiger charge is -2.26. The van der Waals surface area contributed by atoms with E-state index in [1.165, 1.54) is 45.5 Å². The van der Waals surface area contributed by atoms with E-state index in [1.807, 2.05) is 11.3 Å². The van der Waals surface area contributed by atoms with Gasteiger partial charge >= 0.3 is 0 Å². The van der Waals surface area contributed by atoms with Gasteiger partial charge in [-0.1, -0.05) is 12.1 Å². The zero-order valence-corrected chi connectivity index (χ0v) is 12.7. The van der Waals surface area contributed by atoms with Gasteiger partial charge in [-0.05, 0) is 39.9 Å². The molecule has 0 radical (unpaired) electrons. The summed E-state index contributed by atoms with van der Waals surface area (Å²) in [6.07, 6.45) is 1.17. The van der Waals surface area contributed by atoms with Crippen molar-refractivity contribution in [2.24, 2.45) is 0 Å². The van der Waals surface area contributed by atoms with Gasteiger partial charge < -0.3 is 10.2 Å². The van der Waals surface area contributed by atoms with E-state index < -0.39 is 0 Å². The summed E-state index contributed by atoms with van der Waals surface area (Å²) in [5.74, 6) is 0. The third-order valence-electron chi connectivity index (χ3n) is 3.43. The molecular formula is C14H17BrN2S. The molecule has 3 rings (SSSR count). The lowest BCUT2D eigenvalue weighted by atomic mass is 10.2. The molecule has 0 atom stereocenters. The fourth-order valence-electron chi connectivity index (χ4n) is 2.41. The molecular weight excluding hydrogens is 308 g/mol. The number of nitrogens with zero attached hydrogens (tertiary/aromatic N) is 1. The van der Waals surface area contributed by atoms with Gasteiger partial charge in [-0.15, -0.1) is 11.3 Å². The number of halogens is 1. The third-order valence-corrected chi connectivity index (χ3v) is 5.60. The van der Waals surface area contributed by atoms with Gasteiger partial charge in [0.2, 0.25) is 0 Å². The summed E-state index contributed by atoms with van der Waals surface area (Å²) in [5, 5.41) is 4.76. The Labute approximate surface area is 120 Å². The molecule has 0 spiro atoms. The number of fused-ring (bicyclic) bond motifs is 1. The Morgan fingerprint density at radius 1 is 1.28 bits per heavy atom. The summed E-state index contributed by atoms with van der Waals surface area (Å²) in [7, 11) is 0. The Bertz CT molecular complexity index is 532. The first kappa shape index (κ1) is 12.6. The second-order valence-electron chi connectivity index (χ2n) is 4.71. The third kappa shape index (κ3) is 2.77. The lowest BCUT2D eigenvalue weighted by molar-refractivity contribution is 0.244. The number of benzene rings is 1. The average molecular weight is 325 g/mol. The van der Waals surface area contributed by atoms with E-state index in [9.17, 15) is 0 Å². The molecule has 96 valence electrons. The van der Waals surface area contributed by atoms with Crippen molar-refractivity contribution in [2.75, 3.05) is 32.7 Å². The Morgan fingerprint density at radius 2 is 2.11 bits per heavy atom. The maximum atomic E-state index is 3.63. The number of thiophene rings is 1. The first-order valence-corrected chi connectivity index (χ1v) is 8.04. The van der Waals surface area contributed by atoms with Crippen LogP contribution < -0.4 is 5.32 Å². The monoisotopic (exact) mass is 324 g/mol. The van der Waals surface area contributed by atoms with Crippen LogP contribution in [0.15, 0.2) is 28.7 Å². The highest BCUT2D eigenvalue weighted by molar-refractivity contribution is 9.10. The minimum Gasteiger partial charge on any atom is -0.314 e. The number of piperazine rings is 1. The van der Waals surface area contributed by atoms with Gasteiger partial charge in [-0.2, -0.15) is 0 Å². The van der Waals surface area contributed by atoms with Crippen LogP contribution in [0.4, 0.5) is 0 Å². The van der Waals surface area contributed by atoms with Crippen molar-refractivity contribution in [1.82, 2.24) is 10.2 Å². The molecule has 1 aromatic carbocycles. The number of hydrogen-bond acceptors (Lipinski definition) is 3. The van der Waals surface area contributed by atoms with Crippen molar-refractivity contribution >= 4 is 37.4 Å². The van der Waals surface area contributed by atoms with E-state index in [1.54, 1.807) is 0 Å².